The molecule has 4 atom stereocenters. The largest absolute Gasteiger partial charge is 0.392 e. The molecule has 0 saturated heterocycles. The zero-order valence-corrected chi connectivity index (χ0v) is 18.3. The standard InChI is InChI=1S/C25H37NO4/c1-3-4-16-25(2,30)17-10-14-21-20(22(27)18-23(21)28)13-8-9-15-24(29)26-19-11-6-5-7-12-19/h5-7,10-12,14,20-21,23,28,30H,3-4,8-9,13,15-18H2,1-2H3,(H,26,29)/b14-10+/t20-,21-,23-,25?/m1/s1. The van der Waals surface area contributed by atoms with Gasteiger partial charge in [0.2, 0.25) is 5.91 Å². The molecule has 1 aliphatic carbocycles. The Balaban J connectivity index is 1.78. The molecule has 3 N–H and O–H groups in total. The first-order valence-electron chi connectivity index (χ1n) is 11.3. The van der Waals surface area contributed by atoms with Gasteiger partial charge in [-0.15, -0.1) is 0 Å². The molecular weight excluding hydrogens is 378 g/mol. The Morgan fingerprint density at radius 3 is 2.67 bits per heavy atom. The van der Waals surface area contributed by atoms with E-state index in [1.54, 1.807) is 0 Å². The monoisotopic (exact) mass is 415 g/mol. The van der Waals surface area contributed by atoms with Gasteiger partial charge in [0, 0.05) is 30.4 Å². The van der Waals surface area contributed by atoms with Crippen LogP contribution in [0.1, 0.15) is 71.6 Å². The number of hydrogen-bond acceptors (Lipinski definition) is 4. The number of benzene rings is 1. The molecule has 0 heterocycles. The van der Waals surface area contributed by atoms with Gasteiger partial charge >= 0.3 is 0 Å². The predicted octanol–water partition coefficient (Wildman–Crippen LogP) is 4.64. The van der Waals surface area contributed by atoms with E-state index < -0.39 is 11.7 Å². The van der Waals surface area contributed by atoms with Gasteiger partial charge in [0.1, 0.15) is 5.78 Å². The SMILES string of the molecule is CCCCC(C)(O)C/C=C/[C@H]1[C@H](O)CC(=O)[C@@H]1CCCCC(=O)Nc1ccccc1. The molecule has 1 amide bonds. The van der Waals surface area contributed by atoms with Crippen molar-refractivity contribution in [3.63, 3.8) is 0 Å². The molecule has 0 radical (unpaired) electrons. The molecule has 0 aliphatic heterocycles. The average Bonchev–Trinajstić information content (AvgIpc) is 2.97. The van der Waals surface area contributed by atoms with Crippen LogP contribution in [0.25, 0.3) is 0 Å². The maximum atomic E-state index is 12.3. The molecular formula is C25H37NO4. The summed E-state index contributed by atoms with van der Waals surface area (Å²) in [5, 5.41) is 23.6. The minimum absolute atomic E-state index is 0.0234. The second-order valence-electron chi connectivity index (χ2n) is 8.81. The van der Waals surface area contributed by atoms with E-state index in [9.17, 15) is 19.8 Å². The summed E-state index contributed by atoms with van der Waals surface area (Å²) in [6.45, 7) is 3.93. The molecule has 30 heavy (non-hydrogen) atoms. The topological polar surface area (TPSA) is 86.6 Å². The van der Waals surface area contributed by atoms with Crippen LogP contribution < -0.4 is 5.32 Å². The third-order valence-corrected chi connectivity index (χ3v) is 5.94. The van der Waals surface area contributed by atoms with Crippen LogP contribution >= 0.6 is 0 Å². The highest BCUT2D eigenvalue weighted by atomic mass is 16.3. The van der Waals surface area contributed by atoms with Gasteiger partial charge in [-0.3, -0.25) is 9.59 Å². The molecule has 5 nitrogen and oxygen atoms in total. The number of aliphatic hydroxyl groups excluding tert-OH is 1. The van der Waals surface area contributed by atoms with E-state index in [4.69, 9.17) is 0 Å². The van der Waals surface area contributed by atoms with Gasteiger partial charge in [-0.25, -0.2) is 0 Å². The van der Waals surface area contributed by atoms with Gasteiger partial charge in [0.05, 0.1) is 11.7 Å². The number of carbonyl (C=O) groups is 2. The molecule has 1 aromatic carbocycles. The lowest BCUT2D eigenvalue weighted by Gasteiger charge is -2.22. The van der Waals surface area contributed by atoms with Crippen molar-refractivity contribution in [2.24, 2.45) is 11.8 Å². The van der Waals surface area contributed by atoms with Gasteiger partial charge in [-0.2, -0.15) is 0 Å². The molecule has 1 fully saturated rings. The molecule has 5 heteroatoms. The Hall–Kier alpha value is -1.98. The van der Waals surface area contributed by atoms with Crippen molar-refractivity contribution in [2.45, 2.75) is 83.3 Å². The van der Waals surface area contributed by atoms with Crippen LogP contribution in [0.3, 0.4) is 0 Å². The highest BCUT2D eigenvalue weighted by Crippen LogP contribution is 2.34. The van der Waals surface area contributed by atoms with Gasteiger partial charge in [0.15, 0.2) is 0 Å². The zero-order chi connectivity index (χ0) is 22.0. The van der Waals surface area contributed by atoms with Crippen molar-refractivity contribution in [3.8, 4) is 0 Å². The predicted molar refractivity (Wildman–Crippen MR) is 120 cm³/mol. The number of carbonyl (C=O) groups excluding carboxylic acids is 2. The Bertz CT molecular complexity index is 698. The first kappa shape index (κ1) is 24.3. The summed E-state index contributed by atoms with van der Waals surface area (Å²) in [4.78, 5) is 24.4. The molecule has 0 bridgehead atoms. The molecule has 1 unspecified atom stereocenters. The van der Waals surface area contributed by atoms with E-state index in [0.717, 1.165) is 31.4 Å². The van der Waals surface area contributed by atoms with Crippen LogP contribution in [0.15, 0.2) is 42.5 Å². The summed E-state index contributed by atoms with van der Waals surface area (Å²) < 4.78 is 0. The molecule has 0 aromatic heterocycles. The second-order valence-corrected chi connectivity index (χ2v) is 8.81. The Morgan fingerprint density at radius 1 is 1.23 bits per heavy atom. The van der Waals surface area contributed by atoms with Crippen molar-refractivity contribution >= 4 is 17.4 Å². The number of Topliss-reactive ketones (excluding diaryl/α,β-unsaturated/α-hetero) is 1. The fourth-order valence-electron chi connectivity index (χ4n) is 4.13. The van der Waals surface area contributed by atoms with Crippen LogP contribution in [-0.4, -0.2) is 33.6 Å². The number of amides is 1. The average molecular weight is 416 g/mol. The summed E-state index contributed by atoms with van der Waals surface area (Å²) in [5.41, 5.74) is 0.0402. The molecule has 2 rings (SSSR count). The first-order valence-corrected chi connectivity index (χ1v) is 11.3. The fourth-order valence-corrected chi connectivity index (χ4v) is 4.13. The summed E-state index contributed by atoms with van der Waals surface area (Å²) in [6.07, 6.45) is 9.24. The zero-order valence-electron chi connectivity index (χ0n) is 18.3. The lowest BCUT2D eigenvalue weighted by molar-refractivity contribution is -0.121. The quantitative estimate of drug-likeness (QED) is 0.343. The maximum Gasteiger partial charge on any atom is 0.224 e. The number of nitrogens with one attached hydrogen (secondary N) is 1. The van der Waals surface area contributed by atoms with Gasteiger partial charge in [-0.05, 0) is 44.7 Å². The third kappa shape index (κ3) is 8.04. The summed E-state index contributed by atoms with van der Waals surface area (Å²) in [7, 11) is 0. The van der Waals surface area contributed by atoms with Crippen LogP contribution in [0.2, 0.25) is 0 Å². The second kappa shape index (κ2) is 12.0. The van der Waals surface area contributed by atoms with Gasteiger partial charge < -0.3 is 15.5 Å². The van der Waals surface area contributed by atoms with E-state index in [2.05, 4.69) is 12.2 Å². The molecule has 1 aromatic rings. The van der Waals surface area contributed by atoms with E-state index in [1.807, 2.05) is 49.4 Å². The first-order chi connectivity index (χ1) is 14.3. The minimum Gasteiger partial charge on any atom is -0.392 e. The van der Waals surface area contributed by atoms with Crippen LogP contribution in [-0.2, 0) is 9.59 Å². The van der Waals surface area contributed by atoms with Crippen molar-refractivity contribution < 1.29 is 19.8 Å². The number of ketones is 1. The Labute approximate surface area is 180 Å². The number of rotatable bonds is 12. The number of para-hydroxylation sites is 1. The highest BCUT2D eigenvalue weighted by Gasteiger charge is 2.39. The summed E-state index contributed by atoms with van der Waals surface area (Å²) in [6, 6.07) is 9.37. The normalized spacial score (nSPS) is 23.6. The lowest BCUT2D eigenvalue weighted by atomic mass is 9.87. The number of hydrogen-bond donors (Lipinski definition) is 3. The Morgan fingerprint density at radius 2 is 1.97 bits per heavy atom. The molecule has 0 spiro atoms. The molecule has 1 saturated carbocycles. The molecule has 1 aliphatic rings. The van der Waals surface area contributed by atoms with Crippen LogP contribution in [0.5, 0.6) is 0 Å². The smallest absolute Gasteiger partial charge is 0.224 e. The van der Waals surface area contributed by atoms with Crippen molar-refractivity contribution in [3.05, 3.63) is 42.5 Å². The fraction of sp³-hybridized carbons (Fsp3) is 0.600. The maximum absolute atomic E-state index is 12.3. The lowest BCUT2D eigenvalue weighted by Crippen LogP contribution is -2.23. The van der Waals surface area contributed by atoms with E-state index in [1.165, 1.54) is 0 Å². The van der Waals surface area contributed by atoms with E-state index in [-0.39, 0.29) is 29.9 Å². The van der Waals surface area contributed by atoms with E-state index >= 15 is 0 Å². The Kier molecular flexibility index (Phi) is 9.73. The number of unbranched alkanes of at least 4 members (excludes halogenated alkanes) is 2. The third-order valence-electron chi connectivity index (χ3n) is 5.94. The number of aliphatic hydroxyl groups is 2. The van der Waals surface area contributed by atoms with E-state index in [0.29, 0.717) is 25.7 Å². The minimum atomic E-state index is -0.748. The van der Waals surface area contributed by atoms with Gasteiger partial charge in [0.25, 0.3) is 0 Å². The highest BCUT2D eigenvalue weighted by molar-refractivity contribution is 5.90. The summed E-state index contributed by atoms with van der Waals surface area (Å²) >= 11 is 0. The van der Waals surface area contributed by atoms with Crippen molar-refractivity contribution in [1.82, 2.24) is 0 Å². The van der Waals surface area contributed by atoms with Gasteiger partial charge in [-0.1, -0.05) is 56.5 Å². The van der Waals surface area contributed by atoms with Crippen molar-refractivity contribution in [2.75, 3.05) is 5.32 Å². The molecule has 166 valence electrons. The summed E-state index contributed by atoms with van der Waals surface area (Å²) in [5.74, 6) is -0.319. The van der Waals surface area contributed by atoms with Crippen molar-refractivity contribution in [1.29, 1.82) is 0 Å². The van der Waals surface area contributed by atoms with Crippen LogP contribution in [0, 0.1) is 11.8 Å². The van der Waals surface area contributed by atoms with Crippen LogP contribution in [0.4, 0.5) is 5.69 Å². The number of anilines is 1.